The fourth-order valence-corrected chi connectivity index (χ4v) is 3.44. The van der Waals surface area contributed by atoms with Crippen molar-refractivity contribution in [2.24, 2.45) is 11.8 Å². The number of nitrogens with zero attached hydrogens (tertiary/aromatic N) is 2. The number of hydrogen-bond donors (Lipinski definition) is 0. The highest BCUT2D eigenvalue weighted by Gasteiger charge is 2.22. The predicted octanol–water partition coefficient (Wildman–Crippen LogP) is 2.45. The van der Waals surface area contributed by atoms with Crippen molar-refractivity contribution >= 4 is 0 Å². The van der Waals surface area contributed by atoms with Crippen LogP contribution < -0.4 is 0 Å². The molecule has 94 valence electrons. The van der Waals surface area contributed by atoms with Crippen LogP contribution in [0.5, 0.6) is 0 Å². The van der Waals surface area contributed by atoms with E-state index in [-0.39, 0.29) is 0 Å². The second-order valence-electron chi connectivity index (χ2n) is 6.11. The quantitative estimate of drug-likeness (QED) is 0.726. The average Bonchev–Trinajstić information content (AvgIpc) is 2.27. The lowest BCUT2D eigenvalue weighted by atomic mass is 9.92. The van der Waals surface area contributed by atoms with Crippen molar-refractivity contribution in [3.8, 4) is 0 Å². The standard InChI is InChI=1S/C14H28N2/c1-13-10-14(2)12-16(11-13)9-8-15-6-4-3-5-7-15/h13-14H,3-12H2,1-2H3. The Kier molecular flexibility index (Phi) is 4.66. The van der Waals surface area contributed by atoms with Gasteiger partial charge in [0.15, 0.2) is 0 Å². The molecule has 0 spiro atoms. The molecule has 0 amide bonds. The molecule has 2 fully saturated rings. The molecule has 2 aliphatic heterocycles. The second-order valence-corrected chi connectivity index (χ2v) is 6.11. The molecular formula is C14H28N2. The van der Waals surface area contributed by atoms with Gasteiger partial charge < -0.3 is 9.80 Å². The second kappa shape index (κ2) is 6.02. The minimum absolute atomic E-state index is 0.908. The van der Waals surface area contributed by atoms with Gasteiger partial charge in [0.1, 0.15) is 0 Å². The summed E-state index contributed by atoms with van der Waals surface area (Å²) in [6.45, 7) is 12.8. The summed E-state index contributed by atoms with van der Waals surface area (Å²) >= 11 is 0. The Morgan fingerprint density at radius 2 is 1.38 bits per heavy atom. The summed E-state index contributed by atoms with van der Waals surface area (Å²) in [6.07, 6.45) is 5.73. The maximum Gasteiger partial charge on any atom is 0.0110 e. The molecule has 2 unspecified atom stereocenters. The van der Waals surface area contributed by atoms with E-state index in [2.05, 4.69) is 23.6 Å². The van der Waals surface area contributed by atoms with E-state index in [0.29, 0.717) is 0 Å². The summed E-state index contributed by atoms with van der Waals surface area (Å²) in [5.74, 6) is 1.82. The maximum absolute atomic E-state index is 2.69. The van der Waals surface area contributed by atoms with E-state index in [0.717, 1.165) is 11.8 Å². The summed E-state index contributed by atoms with van der Waals surface area (Å²) in [5, 5.41) is 0. The molecule has 2 heteroatoms. The van der Waals surface area contributed by atoms with Gasteiger partial charge >= 0.3 is 0 Å². The normalized spacial score (nSPS) is 34.1. The SMILES string of the molecule is CC1CC(C)CN(CCN2CCCCC2)C1. The van der Waals surface area contributed by atoms with Crippen LogP contribution >= 0.6 is 0 Å². The van der Waals surface area contributed by atoms with Crippen molar-refractivity contribution in [2.75, 3.05) is 39.3 Å². The van der Waals surface area contributed by atoms with Crippen LogP contribution in [0.1, 0.15) is 39.5 Å². The van der Waals surface area contributed by atoms with Crippen molar-refractivity contribution in [1.29, 1.82) is 0 Å². The van der Waals surface area contributed by atoms with E-state index in [1.54, 1.807) is 0 Å². The number of hydrogen-bond acceptors (Lipinski definition) is 2. The predicted molar refractivity (Wildman–Crippen MR) is 69.7 cm³/mol. The third-order valence-electron chi connectivity index (χ3n) is 4.13. The molecule has 0 aromatic rings. The zero-order valence-electron chi connectivity index (χ0n) is 11.1. The van der Waals surface area contributed by atoms with Gasteiger partial charge in [-0.15, -0.1) is 0 Å². The monoisotopic (exact) mass is 224 g/mol. The van der Waals surface area contributed by atoms with Crippen LogP contribution in [-0.2, 0) is 0 Å². The van der Waals surface area contributed by atoms with Crippen molar-refractivity contribution in [3.63, 3.8) is 0 Å². The molecule has 2 saturated heterocycles. The van der Waals surface area contributed by atoms with Gasteiger partial charge in [0.05, 0.1) is 0 Å². The van der Waals surface area contributed by atoms with Crippen molar-refractivity contribution in [1.82, 2.24) is 9.80 Å². The molecule has 16 heavy (non-hydrogen) atoms. The smallest absolute Gasteiger partial charge is 0.0110 e. The van der Waals surface area contributed by atoms with Crippen LogP contribution in [0, 0.1) is 11.8 Å². The van der Waals surface area contributed by atoms with Gasteiger partial charge in [0.25, 0.3) is 0 Å². The Balaban J connectivity index is 1.68. The van der Waals surface area contributed by atoms with Crippen LogP contribution in [-0.4, -0.2) is 49.1 Å². The van der Waals surface area contributed by atoms with Gasteiger partial charge in [-0.2, -0.15) is 0 Å². The van der Waals surface area contributed by atoms with E-state index < -0.39 is 0 Å². The van der Waals surface area contributed by atoms with E-state index in [4.69, 9.17) is 0 Å². The first kappa shape index (κ1) is 12.4. The molecule has 0 radical (unpaired) electrons. The van der Waals surface area contributed by atoms with Crippen LogP contribution in [0.15, 0.2) is 0 Å². The van der Waals surface area contributed by atoms with Gasteiger partial charge in [-0.05, 0) is 44.2 Å². The minimum atomic E-state index is 0.908. The summed E-state index contributed by atoms with van der Waals surface area (Å²) in [4.78, 5) is 5.35. The lowest BCUT2D eigenvalue weighted by molar-refractivity contribution is 0.116. The number of piperidine rings is 2. The van der Waals surface area contributed by atoms with Gasteiger partial charge in [0, 0.05) is 26.2 Å². The Morgan fingerprint density at radius 1 is 0.812 bits per heavy atom. The molecular weight excluding hydrogens is 196 g/mol. The molecule has 2 aliphatic rings. The molecule has 0 N–H and O–H groups in total. The van der Waals surface area contributed by atoms with Crippen molar-refractivity contribution in [2.45, 2.75) is 39.5 Å². The molecule has 0 aromatic heterocycles. The fraction of sp³-hybridized carbons (Fsp3) is 1.00. The summed E-state index contributed by atoms with van der Waals surface area (Å²) in [5.41, 5.74) is 0. The van der Waals surface area contributed by atoms with Crippen LogP contribution in [0.4, 0.5) is 0 Å². The lowest BCUT2D eigenvalue weighted by Gasteiger charge is -2.36. The van der Waals surface area contributed by atoms with Gasteiger partial charge in [-0.3, -0.25) is 0 Å². The van der Waals surface area contributed by atoms with E-state index in [1.165, 1.54) is 65.0 Å². The fourth-order valence-electron chi connectivity index (χ4n) is 3.44. The first-order valence-electron chi connectivity index (χ1n) is 7.19. The largest absolute Gasteiger partial charge is 0.302 e. The zero-order chi connectivity index (χ0) is 11.4. The van der Waals surface area contributed by atoms with E-state index >= 15 is 0 Å². The molecule has 2 rings (SSSR count). The van der Waals surface area contributed by atoms with Crippen LogP contribution in [0.3, 0.4) is 0 Å². The zero-order valence-corrected chi connectivity index (χ0v) is 11.1. The Morgan fingerprint density at radius 3 is 2.00 bits per heavy atom. The highest BCUT2D eigenvalue weighted by Crippen LogP contribution is 2.20. The molecule has 0 bridgehead atoms. The summed E-state index contributed by atoms with van der Waals surface area (Å²) in [6, 6.07) is 0. The Labute approximate surface area is 101 Å². The average molecular weight is 224 g/mol. The minimum Gasteiger partial charge on any atom is -0.302 e. The molecule has 2 atom stereocenters. The molecule has 0 aromatic carbocycles. The lowest BCUT2D eigenvalue weighted by Crippen LogP contribution is -2.43. The van der Waals surface area contributed by atoms with Crippen molar-refractivity contribution < 1.29 is 0 Å². The molecule has 2 heterocycles. The van der Waals surface area contributed by atoms with E-state index in [1.807, 2.05) is 0 Å². The number of rotatable bonds is 3. The number of likely N-dealkylation sites (tertiary alicyclic amines) is 2. The third-order valence-corrected chi connectivity index (χ3v) is 4.13. The van der Waals surface area contributed by atoms with Crippen LogP contribution in [0.25, 0.3) is 0 Å². The molecule has 2 nitrogen and oxygen atoms in total. The van der Waals surface area contributed by atoms with Gasteiger partial charge in [-0.25, -0.2) is 0 Å². The van der Waals surface area contributed by atoms with Crippen molar-refractivity contribution in [3.05, 3.63) is 0 Å². The highest BCUT2D eigenvalue weighted by molar-refractivity contribution is 4.76. The van der Waals surface area contributed by atoms with Crippen LogP contribution in [0.2, 0.25) is 0 Å². The maximum atomic E-state index is 2.69. The van der Waals surface area contributed by atoms with Gasteiger partial charge in [-0.1, -0.05) is 20.3 Å². The van der Waals surface area contributed by atoms with Gasteiger partial charge in [0.2, 0.25) is 0 Å². The Hall–Kier alpha value is -0.0800. The third kappa shape index (κ3) is 3.74. The topological polar surface area (TPSA) is 6.48 Å². The first-order valence-corrected chi connectivity index (χ1v) is 7.19. The highest BCUT2D eigenvalue weighted by atomic mass is 15.2. The Bertz CT molecular complexity index is 189. The summed E-state index contributed by atoms with van der Waals surface area (Å²) in [7, 11) is 0. The first-order chi connectivity index (χ1) is 7.74. The molecule has 0 saturated carbocycles. The van der Waals surface area contributed by atoms with E-state index in [9.17, 15) is 0 Å². The summed E-state index contributed by atoms with van der Waals surface area (Å²) < 4.78 is 0. The molecule has 0 aliphatic carbocycles.